The second-order valence-electron chi connectivity index (χ2n) is 9.04. The summed E-state index contributed by atoms with van der Waals surface area (Å²) < 4.78 is 0. The average Bonchev–Trinajstić information content (AvgIpc) is 3.29. The lowest BCUT2D eigenvalue weighted by atomic mass is 9.98. The molecule has 4 rings (SSSR count). The van der Waals surface area contributed by atoms with Crippen LogP contribution in [0.15, 0.2) is 24.3 Å². The molecule has 3 aliphatic rings. The quantitative estimate of drug-likeness (QED) is 0.701. The van der Waals surface area contributed by atoms with E-state index < -0.39 is 5.54 Å². The van der Waals surface area contributed by atoms with Crippen LogP contribution in [0.4, 0.5) is 16.2 Å². The largest absolute Gasteiger partial charge is 0.372 e. The topological polar surface area (TPSA) is 81.8 Å². The van der Waals surface area contributed by atoms with Crippen molar-refractivity contribution in [3.05, 3.63) is 24.3 Å². The van der Waals surface area contributed by atoms with Gasteiger partial charge in [0.2, 0.25) is 5.91 Å². The van der Waals surface area contributed by atoms with Gasteiger partial charge in [-0.05, 0) is 62.3 Å². The predicted octanol–water partition coefficient (Wildman–Crippen LogP) is 3.51. The minimum atomic E-state index is -0.673. The summed E-state index contributed by atoms with van der Waals surface area (Å²) in [5.41, 5.74) is 1.29. The average molecular weight is 413 g/mol. The highest BCUT2D eigenvalue weighted by Crippen LogP contribution is 2.35. The van der Waals surface area contributed by atoms with Gasteiger partial charge in [0.25, 0.3) is 5.91 Å². The molecule has 1 spiro atoms. The third-order valence-electron chi connectivity index (χ3n) is 6.79. The first kappa shape index (κ1) is 20.7. The number of rotatable bonds is 6. The maximum Gasteiger partial charge on any atom is 0.325 e. The molecule has 1 aromatic rings. The predicted molar refractivity (Wildman–Crippen MR) is 116 cm³/mol. The zero-order valence-corrected chi connectivity index (χ0v) is 17.8. The van der Waals surface area contributed by atoms with Gasteiger partial charge in [-0.15, -0.1) is 0 Å². The van der Waals surface area contributed by atoms with Crippen molar-refractivity contribution in [2.45, 2.75) is 63.8 Å². The summed E-state index contributed by atoms with van der Waals surface area (Å²) in [6.07, 6.45) is 6.56. The minimum absolute atomic E-state index is 0.0998. The fraction of sp³-hybridized carbons (Fsp3) is 0.609. The third kappa shape index (κ3) is 4.30. The fourth-order valence-electron chi connectivity index (χ4n) is 4.84. The van der Waals surface area contributed by atoms with E-state index in [0.29, 0.717) is 6.42 Å². The van der Waals surface area contributed by atoms with E-state index in [-0.39, 0.29) is 30.8 Å². The summed E-state index contributed by atoms with van der Waals surface area (Å²) in [6, 6.07) is 7.67. The van der Waals surface area contributed by atoms with Crippen LogP contribution in [-0.2, 0) is 9.59 Å². The number of hydrogen-bond acceptors (Lipinski definition) is 4. The van der Waals surface area contributed by atoms with Gasteiger partial charge in [-0.3, -0.25) is 14.5 Å². The van der Waals surface area contributed by atoms with Crippen LogP contribution in [0.5, 0.6) is 0 Å². The van der Waals surface area contributed by atoms with Crippen LogP contribution in [0, 0.1) is 5.92 Å². The Labute approximate surface area is 178 Å². The molecule has 0 bridgehead atoms. The SMILES string of the molecule is CC1CCN(c2ccc(NC(=O)CCCN3C(=O)NC4(CCCC4)C3=O)cc2)CC1. The van der Waals surface area contributed by atoms with Gasteiger partial charge in [0, 0.05) is 37.4 Å². The first-order valence-corrected chi connectivity index (χ1v) is 11.3. The number of carbonyl (C=O) groups excluding carboxylic acids is 3. The molecular formula is C23H32N4O3. The first-order valence-electron chi connectivity index (χ1n) is 11.3. The van der Waals surface area contributed by atoms with Gasteiger partial charge in [0.05, 0.1) is 0 Å². The maximum atomic E-state index is 12.6. The number of anilines is 2. The van der Waals surface area contributed by atoms with Crippen molar-refractivity contribution >= 4 is 29.2 Å². The molecule has 7 nitrogen and oxygen atoms in total. The number of nitrogens with zero attached hydrogens (tertiary/aromatic N) is 2. The number of amides is 4. The maximum absolute atomic E-state index is 12.6. The molecule has 2 aliphatic heterocycles. The highest BCUT2D eigenvalue weighted by molar-refractivity contribution is 6.07. The molecule has 1 aromatic carbocycles. The highest BCUT2D eigenvalue weighted by Gasteiger charge is 2.52. The smallest absolute Gasteiger partial charge is 0.325 e. The molecule has 0 atom stereocenters. The second-order valence-corrected chi connectivity index (χ2v) is 9.04. The van der Waals surface area contributed by atoms with Gasteiger partial charge in [0.1, 0.15) is 5.54 Å². The zero-order chi connectivity index (χ0) is 21.1. The van der Waals surface area contributed by atoms with E-state index in [2.05, 4.69) is 34.6 Å². The van der Waals surface area contributed by atoms with E-state index in [1.807, 2.05) is 12.1 Å². The van der Waals surface area contributed by atoms with Gasteiger partial charge >= 0.3 is 6.03 Å². The van der Waals surface area contributed by atoms with E-state index in [9.17, 15) is 14.4 Å². The lowest BCUT2D eigenvalue weighted by Gasteiger charge is -2.32. The van der Waals surface area contributed by atoms with Gasteiger partial charge in [-0.2, -0.15) is 0 Å². The third-order valence-corrected chi connectivity index (χ3v) is 6.79. The molecule has 2 N–H and O–H groups in total. The summed E-state index contributed by atoms with van der Waals surface area (Å²) in [4.78, 5) is 40.8. The van der Waals surface area contributed by atoms with E-state index in [0.717, 1.165) is 50.4 Å². The van der Waals surface area contributed by atoms with E-state index >= 15 is 0 Å². The van der Waals surface area contributed by atoms with Gasteiger partial charge < -0.3 is 15.5 Å². The standard InChI is InChI=1S/C23H32N4O3/c1-17-10-15-26(16-11-17)19-8-6-18(7-9-19)24-20(28)5-4-14-27-21(29)23(25-22(27)30)12-2-3-13-23/h6-9,17H,2-5,10-16H2,1H3,(H,24,28)(H,25,30). The van der Waals surface area contributed by atoms with Gasteiger partial charge in [0.15, 0.2) is 0 Å². The molecule has 0 radical (unpaired) electrons. The summed E-state index contributed by atoms with van der Waals surface area (Å²) in [5, 5.41) is 5.79. The molecule has 162 valence electrons. The first-order chi connectivity index (χ1) is 14.5. The fourth-order valence-corrected chi connectivity index (χ4v) is 4.84. The van der Waals surface area contributed by atoms with Crippen LogP contribution in [0.1, 0.15) is 58.3 Å². The Balaban J connectivity index is 1.22. The molecule has 1 saturated carbocycles. The molecule has 0 unspecified atom stereocenters. The number of urea groups is 1. The lowest BCUT2D eigenvalue weighted by Crippen LogP contribution is -2.44. The molecule has 0 aromatic heterocycles. The van der Waals surface area contributed by atoms with Gasteiger partial charge in [-0.1, -0.05) is 19.8 Å². The van der Waals surface area contributed by atoms with Crippen molar-refractivity contribution in [2.75, 3.05) is 29.9 Å². The van der Waals surface area contributed by atoms with Crippen LogP contribution >= 0.6 is 0 Å². The molecule has 2 heterocycles. The second kappa shape index (κ2) is 8.66. The number of piperidine rings is 1. The molecule has 4 amide bonds. The number of imide groups is 1. The minimum Gasteiger partial charge on any atom is -0.372 e. The van der Waals surface area contributed by atoms with Crippen molar-refractivity contribution in [1.29, 1.82) is 0 Å². The summed E-state index contributed by atoms with van der Waals surface area (Å²) >= 11 is 0. The van der Waals surface area contributed by atoms with Crippen LogP contribution in [0.3, 0.4) is 0 Å². The number of carbonyl (C=O) groups is 3. The number of benzene rings is 1. The van der Waals surface area contributed by atoms with Crippen molar-refractivity contribution < 1.29 is 14.4 Å². The van der Waals surface area contributed by atoms with E-state index in [4.69, 9.17) is 0 Å². The van der Waals surface area contributed by atoms with E-state index in [1.165, 1.54) is 23.4 Å². The normalized spacial score (nSPS) is 21.4. The molecule has 30 heavy (non-hydrogen) atoms. The van der Waals surface area contributed by atoms with Crippen molar-refractivity contribution in [3.63, 3.8) is 0 Å². The zero-order valence-electron chi connectivity index (χ0n) is 17.8. The number of nitrogens with one attached hydrogen (secondary N) is 2. The molecule has 1 aliphatic carbocycles. The van der Waals surface area contributed by atoms with Crippen LogP contribution in [-0.4, -0.2) is 47.9 Å². The Hall–Kier alpha value is -2.57. The summed E-state index contributed by atoms with van der Waals surface area (Å²) in [6.45, 7) is 4.74. The molecule has 3 fully saturated rings. The Kier molecular flexibility index (Phi) is 5.97. The van der Waals surface area contributed by atoms with Crippen molar-refractivity contribution in [3.8, 4) is 0 Å². The van der Waals surface area contributed by atoms with Crippen LogP contribution in [0.25, 0.3) is 0 Å². The lowest BCUT2D eigenvalue weighted by molar-refractivity contribution is -0.131. The number of hydrogen-bond donors (Lipinski definition) is 2. The Bertz CT molecular complexity index is 793. The van der Waals surface area contributed by atoms with Crippen molar-refractivity contribution in [1.82, 2.24) is 10.2 Å². The Morgan fingerprint density at radius 3 is 2.47 bits per heavy atom. The molecule has 2 saturated heterocycles. The van der Waals surface area contributed by atoms with Gasteiger partial charge in [-0.25, -0.2) is 4.79 Å². The van der Waals surface area contributed by atoms with E-state index in [1.54, 1.807) is 0 Å². The Morgan fingerprint density at radius 1 is 1.13 bits per heavy atom. The summed E-state index contributed by atoms with van der Waals surface area (Å²) in [7, 11) is 0. The molecule has 7 heteroatoms. The highest BCUT2D eigenvalue weighted by atomic mass is 16.2. The van der Waals surface area contributed by atoms with Crippen LogP contribution < -0.4 is 15.5 Å². The Morgan fingerprint density at radius 2 is 1.80 bits per heavy atom. The molecular weight excluding hydrogens is 380 g/mol. The monoisotopic (exact) mass is 412 g/mol. The summed E-state index contributed by atoms with van der Waals surface area (Å²) in [5.74, 6) is 0.579. The van der Waals surface area contributed by atoms with Crippen LogP contribution in [0.2, 0.25) is 0 Å². The van der Waals surface area contributed by atoms with Crippen molar-refractivity contribution in [2.24, 2.45) is 5.92 Å².